The van der Waals surface area contributed by atoms with E-state index in [9.17, 15) is 23.8 Å². The van der Waals surface area contributed by atoms with Crippen molar-refractivity contribution in [2.75, 3.05) is 5.73 Å². The third kappa shape index (κ3) is 4.09. The summed E-state index contributed by atoms with van der Waals surface area (Å²) in [4.78, 5) is 21.0. The standard InChI is InChI=1S/C22H21F2N7O4/c1-30-3-2-14(29-30)13-8-31(20-15(13)19(25)27-9-28-20)22-17(33)16(32)18(35-22)21(34)26-7-10-4-11(23)6-12(24)5-10/h2-6,8-9,16-18,22,32-33H,7H2,1H3,(H,26,34)(H2,25,27,28)/t16-,17+,18-,22+/m0/s1. The van der Waals surface area contributed by atoms with Gasteiger partial charge in [-0.2, -0.15) is 5.10 Å². The number of nitrogen functional groups attached to an aromatic ring is 1. The Bertz CT molecular complexity index is 1400. The van der Waals surface area contributed by atoms with Gasteiger partial charge in [-0.15, -0.1) is 0 Å². The smallest absolute Gasteiger partial charge is 0.252 e. The molecule has 0 aliphatic carbocycles. The highest BCUT2D eigenvalue weighted by atomic mass is 19.1. The average Bonchev–Trinajstić information content (AvgIpc) is 3.48. The summed E-state index contributed by atoms with van der Waals surface area (Å²) in [6, 6.07) is 4.62. The Balaban J connectivity index is 1.43. The summed E-state index contributed by atoms with van der Waals surface area (Å²) in [5, 5.41) is 28.6. The first-order valence-corrected chi connectivity index (χ1v) is 10.6. The molecule has 11 nitrogen and oxygen atoms in total. The van der Waals surface area contributed by atoms with E-state index in [2.05, 4.69) is 20.4 Å². The number of carbonyl (C=O) groups is 1. The number of fused-ring (bicyclic) bond motifs is 1. The first kappa shape index (κ1) is 22.8. The number of aromatic nitrogens is 5. The van der Waals surface area contributed by atoms with Gasteiger partial charge < -0.3 is 30.6 Å². The van der Waals surface area contributed by atoms with Crippen LogP contribution in [0.2, 0.25) is 0 Å². The number of hydrogen-bond acceptors (Lipinski definition) is 8. The SMILES string of the molecule is Cn1ccc(-c2cn([C@@H]3O[C@H](C(=O)NCc4cc(F)cc(F)c4)[C@@H](O)[C@H]3O)c3ncnc(N)c23)n1. The van der Waals surface area contributed by atoms with E-state index in [1.54, 1.807) is 30.2 Å². The fraction of sp³-hybridized carbons (Fsp3) is 0.273. The number of aliphatic hydroxyl groups excluding tert-OH is 2. The summed E-state index contributed by atoms with van der Waals surface area (Å²) in [6.07, 6.45) is -1.14. The second-order valence-corrected chi connectivity index (χ2v) is 8.21. The van der Waals surface area contributed by atoms with Gasteiger partial charge in [-0.25, -0.2) is 18.7 Å². The van der Waals surface area contributed by atoms with Gasteiger partial charge in [0.2, 0.25) is 0 Å². The molecule has 0 radical (unpaired) electrons. The van der Waals surface area contributed by atoms with Crippen LogP contribution in [-0.2, 0) is 23.1 Å². The first-order valence-electron chi connectivity index (χ1n) is 10.6. The molecule has 1 aromatic carbocycles. The largest absolute Gasteiger partial charge is 0.387 e. The quantitative estimate of drug-likeness (QED) is 0.321. The summed E-state index contributed by atoms with van der Waals surface area (Å²) in [6.45, 7) is -0.207. The van der Waals surface area contributed by atoms with Crippen molar-refractivity contribution in [1.29, 1.82) is 0 Å². The second-order valence-electron chi connectivity index (χ2n) is 8.21. The Labute approximate surface area is 196 Å². The van der Waals surface area contributed by atoms with Crippen molar-refractivity contribution in [3.8, 4) is 11.3 Å². The Hall–Kier alpha value is -3.94. The second kappa shape index (κ2) is 8.69. The molecule has 0 saturated carbocycles. The van der Waals surface area contributed by atoms with E-state index >= 15 is 0 Å². The number of ether oxygens (including phenoxy) is 1. The number of nitrogens with one attached hydrogen (secondary N) is 1. The number of benzene rings is 1. The number of hydrogen-bond donors (Lipinski definition) is 4. The molecular formula is C22H21F2N7O4. The van der Waals surface area contributed by atoms with Crippen LogP contribution in [0.15, 0.2) is 43.0 Å². The minimum absolute atomic E-state index is 0.180. The molecule has 5 rings (SSSR count). The van der Waals surface area contributed by atoms with Crippen LogP contribution in [-0.4, -0.2) is 58.7 Å². The summed E-state index contributed by atoms with van der Waals surface area (Å²) < 4.78 is 35.6. The van der Waals surface area contributed by atoms with E-state index in [0.717, 1.165) is 12.1 Å². The number of aliphatic hydroxyl groups is 2. The van der Waals surface area contributed by atoms with E-state index in [-0.39, 0.29) is 17.9 Å². The lowest BCUT2D eigenvalue weighted by atomic mass is 10.1. The van der Waals surface area contributed by atoms with E-state index in [1.165, 1.54) is 10.9 Å². The van der Waals surface area contributed by atoms with Crippen molar-refractivity contribution in [3.05, 3.63) is 60.2 Å². The van der Waals surface area contributed by atoms with E-state index in [0.29, 0.717) is 28.4 Å². The average molecular weight is 485 g/mol. The fourth-order valence-electron chi connectivity index (χ4n) is 4.16. The highest BCUT2D eigenvalue weighted by Crippen LogP contribution is 2.37. The van der Waals surface area contributed by atoms with Crippen molar-refractivity contribution in [2.24, 2.45) is 7.05 Å². The maximum absolute atomic E-state index is 13.4. The molecule has 5 N–H and O–H groups in total. The number of aryl methyl sites for hydroxylation is 1. The van der Waals surface area contributed by atoms with Crippen molar-refractivity contribution in [3.63, 3.8) is 0 Å². The molecule has 0 spiro atoms. The summed E-state index contributed by atoms with van der Waals surface area (Å²) >= 11 is 0. The van der Waals surface area contributed by atoms with E-state index in [4.69, 9.17) is 10.5 Å². The maximum atomic E-state index is 13.4. The predicted octanol–water partition coefficient (Wildman–Crippen LogP) is 0.628. The normalized spacial score (nSPS) is 22.1. The molecule has 4 atom stereocenters. The fourth-order valence-corrected chi connectivity index (χ4v) is 4.16. The lowest BCUT2D eigenvalue weighted by Crippen LogP contribution is -2.42. The Morgan fingerprint density at radius 2 is 1.94 bits per heavy atom. The van der Waals surface area contributed by atoms with Gasteiger partial charge in [0.05, 0.1) is 11.1 Å². The molecule has 1 amide bonds. The van der Waals surface area contributed by atoms with Gasteiger partial charge in [0.15, 0.2) is 12.3 Å². The lowest BCUT2D eigenvalue weighted by Gasteiger charge is -2.17. The molecule has 13 heteroatoms. The molecule has 4 heterocycles. The van der Waals surface area contributed by atoms with Gasteiger partial charge in [-0.3, -0.25) is 9.48 Å². The molecular weight excluding hydrogens is 464 g/mol. The zero-order valence-corrected chi connectivity index (χ0v) is 18.3. The topological polar surface area (TPSA) is 153 Å². The molecule has 1 aliphatic heterocycles. The number of amides is 1. The predicted molar refractivity (Wildman–Crippen MR) is 118 cm³/mol. The Kier molecular flexibility index (Phi) is 5.67. The molecule has 3 aromatic heterocycles. The molecule has 182 valence electrons. The molecule has 4 aromatic rings. The number of rotatable bonds is 5. The highest BCUT2D eigenvalue weighted by Gasteiger charge is 2.47. The number of anilines is 1. The van der Waals surface area contributed by atoms with E-state index in [1.807, 2.05) is 0 Å². The Morgan fingerprint density at radius 3 is 2.63 bits per heavy atom. The van der Waals surface area contributed by atoms with Crippen molar-refractivity contribution < 1.29 is 28.5 Å². The third-order valence-corrected chi connectivity index (χ3v) is 5.79. The van der Waals surface area contributed by atoms with Crippen molar-refractivity contribution in [2.45, 2.75) is 31.1 Å². The van der Waals surface area contributed by atoms with Gasteiger partial charge in [0.1, 0.15) is 41.6 Å². The van der Waals surface area contributed by atoms with E-state index < -0.39 is 42.1 Å². The minimum atomic E-state index is -1.58. The van der Waals surface area contributed by atoms with Gasteiger partial charge in [0, 0.05) is 37.6 Å². The van der Waals surface area contributed by atoms with Crippen LogP contribution in [0.1, 0.15) is 11.8 Å². The maximum Gasteiger partial charge on any atom is 0.252 e. The molecule has 1 aliphatic rings. The van der Waals surface area contributed by atoms with Crippen LogP contribution in [0.3, 0.4) is 0 Å². The zero-order valence-electron chi connectivity index (χ0n) is 18.3. The molecule has 0 bridgehead atoms. The van der Waals surface area contributed by atoms with Crippen molar-refractivity contribution >= 4 is 22.8 Å². The van der Waals surface area contributed by atoms with Gasteiger partial charge in [-0.1, -0.05) is 0 Å². The summed E-state index contributed by atoms with van der Waals surface area (Å²) in [5.41, 5.74) is 7.74. The van der Waals surface area contributed by atoms with Crippen molar-refractivity contribution in [1.82, 2.24) is 29.6 Å². The number of carbonyl (C=O) groups excluding carboxylic acids is 1. The summed E-state index contributed by atoms with van der Waals surface area (Å²) in [5.74, 6) is -2.16. The lowest BCUT2D eigenvalue weighted by molar-refractivity contribution is -0.137. The van der Waals surface area contributed by atoms with Crippen LogP contribution >= 0.6 is 0 Å². The molecule has 35 heavy (non-hydrogen) atoms. The first-order chi connectivity index (χ1) is 16.7. The molecule has 0 unspecified atom stereocenters. The van der Waals surface area contributed by atoms with Crippen LogP contribution in [0.5, 0.6) is 0 Å². The molecule has 1 fully saturated rings. The minimum Gasteiger partial charge on any atom is -0.387 e. The number of halogens is 2. The highest BCUT2D eigenvalue weighted by molar-refractivity contribution is 5.99. The zero-order chi connectivity index (χ0) is 24.9. The van der Waals surface area contributed by atoms with Crippen LogP contribution in [0.25, 0.3) is 22.3 Å². The summed E-state index contributed by atoms with van der Waals surface area (Å²) in [7, 11) is 1.75. The van der Waals surface area contributed by atoms with Gasteiger partial charge in [0.25, 0.3) is 5.91 Å². The van der Waals surface area contributed by atoms with Gasteiger partial charge >= 0.3 is 0 Å². The van der Waals surface area contributed by atoms with Gasteiger partial charge in [-0.05, 0) is 23.8 Å². The molecule has 1 saturated heterocycles. The Morgan fingerprint density at radius 1 is 1.20 bits per heavy atom. The monoisotopic (exact) mass is 485 g/mol. The van der Waals surface area contributed by atoms with Crippen LogP contribution in [0, 0.1) is 11.6 Å². The number of nitrogens with zero attached hydrogens (tertiary/aromatic N) is 5. The van der Waals surface area contributed by atoms with Crippen LogP contribution < -0.4 is 11.1 Å². The number of nitrogens with two attached hydrogens (primary N) is 1. The third-order valence-electron chi connectivity index (χ3n) is 5.79. The van der Waals surface area contributed by atoms with Crippen LogP contribution in [0.4, 0.5) is 14.6 Å².